The zero-order chi connectivity index (χ0) is 23.0. The molecule has 0 aliphatic rings. The van der Waals surface area contributed by atoms with E-state index in [0.717, 1.165) is 17.5 Å². The van der Waals surface area contributed by atoms with Crippen molar-refractivity contribution in [3.63, 3.8) is 0 Å². The van der Waals surface area contributed by atoms with E-state index in [4.69, 9.17) is 21.7 Å². The summed E-state index contributed by atoms with van der Waals surface area (Å²) in [7, 11) is 0. The summed E-state index contributed by atoms with van der Waals surface area (Å²) in [6.45, 7) is 9.58. The van der Waals surface area contributed by atoms with Gasteiger partial charge in [-0.1, -0.05) is 19.1 Å². The van der Waals surface area contributed by atoms with E-state index in [0.29, 0.717) is 17.1 Å². The van der Waals surface area contributed by atoms with Gasteiger partial charge in [-0.3, -0.25) is 25.8 Å². The van der Waals surface area contributed by atoms with Crippen LogP contribution in [0.2, 0.25) is 0 Å². The second-order valence-corrected chi connectivity index (χ2v) is 7.68. The molecule has 2 aromatic rings. The summed E-state index contributed by atoms with van der Waals surface area (Å²) in [4.78, 5) is 24.7. The Bertz CT molecular complexity index is 948. The molecule has 2 atom stereocenters. The van der Waals surface area contributed by atoms with Crippen molar-refractivity contribution in [2.75, 3.05) is 0 Å². The maximum absolute atomic E-state index is 12.4. The maximum atomic E-state index is 12.4. The molecule has 0 aliphatic heterocycles. The second kappa shape index (κ2) is 11.3. The predicted molar refractivity (Wildman–Crippen MR) is 124 cm³/mol. The number of benzene rings is 2. The minimum absolute atomic E-state index is 0.0371. The van der Waals surface area contributed by atoms with Crippen molar-refractivity contribution in [3.8, 4) is 11.5 Å². The smallest absolute Gasteiger partial charge is 0.279 e. The molecule has 0 saturated carbocycles. The fraction of sp³-hybridized carbons (Fsp3) is 0.348. The molecular weight excluding hydrogens is 414 g/mol. The first-order valence-electron chi connectivity index (χ1n) is 10.1. The number of amides is 2. The minimum Gasteiger partial charge on any atom is -0.491 e. The highest BCUT2D eigenvalue weighted by Crippen LogP contribution is 2.18. The fourth-order valence-electron chi connectivity index (χ4n) is 2.50. The van der Waals surface area contributed by atoms with Crippen molar-refractivity contribution >= 4 is 29.1 Å². The van der Waals surface area contributed by atoms with Crippen molar-refractivity contribution in [2.24, 2.45) is 0 Å². The van der Waals surface area contributed by atoms with E-state index in [1.165, 1.54) is 0 Å². The first kappa shape index (κ1) is 24.1. The fourth-order valence-corrected chi connectivity index (χ4v) is 2.64. The molecule has 31 heavy (non-hydrogen) atoms. The van der Waals surface area contributed by atoms with Gasteiger partial charge in [-0.15, -0.1) is 0 Å². The third-order valence-corrected chi connectivity index (χ3v) is 4.90. The van der Waals surface area contributed by atoms with E-state index in [9.17, 15) is 9.59 Å². The molecule has 0 radical (unpaired) electrons. The zero-order valence-corrected chi connectivity index (χ0v) is 19.3. The van der Waals surface area contributed by atoms with Crippen LogP contribution in [0.4, 0.5) is 0 Å². The topological polar surface area (TPSA) is 88.7 Å². The van der Waals surface area contributed by atoms with Crippen molar-refractivity contribution in [1.29, 1.82) is 0 Å². The third kappa shape index (κ3) is 7.57. The van der Waals surface area contributed by atoms with Crippen molar-refractivity contribution in [3.05, 3.63) is 59.2 Å². The lowest BCUT2D eigenvalue weighted by Crippen LogP contribution is -2.51. The van der Waals surface area contributed by atoms with E-state index in [-0.39, 0.29) is 11.2 Å². The Balaban J connectivity index is 1.83. The van der Waals surface area contributed by atoms with Gasteiger partial charge < -0.3 is 9.47 Å². The summed E-state index contributed by atoms with van der Waals surface area (Å²) in [6, 6.07) is 12.4. The van der Waals surface area contributed by atoms with E-state index < -0.39 is 17.9 Å². The van der Waals surface area contributed by atoms with E-state index in [1.54, 1.807) is 31.2 Å². The molecule has 2 aromatic carbocycles. The van der Waals surface area contributed by atoms with Crippen LogP contribution in [0.25, 0.3) is 0 Å². The number of carbonyl (C=O) groups excluding carboxylic acids is 2. The highest BCUT2D eigenvalue weighted by Gasteiger charge is 2.16. The lowest BCUT2D eigenvalue weighted by Gasteiger charge is -2.17. The molecule has 2 amide bonds. The number of hydrogen-bond acceptors (Lipinski definition) is 5. The molecule has 2 rings (SSSR count). The number of nitrogens with one attached hydrogen (secondary N) is 3. The number of rotatable bonds is 7. The number of carbonyl (C=O) groups is 2. The zero-order valence-electron chi connectivity index (χ0n) is 18.4. The highest BCUT2D eigenvalue weighted by atomic mass is 32.1. The Kier molecular flexibility index (Phi) is 8.81. The van der Waals surface area contributed by atoms with Gasteiger partial charge in [-0.2, -0.15) is 0 Å². The molecule has 0 aromatic heterocycles. The predicted octanol–water partition coefficient (Wildman–Crippen LogP) is 3.58. The highest BCUT2D eigenvalue weighted by molar-refractivity contribution is 7.80. The second-order valence-electron chi connectivity index (χ2n) is 7.27. The SMILES string of the molecule is CCC(C)Oc1cccc(C(=O)NC(=S)NNC(=O)C(C)Oc2ccc(C)c(C)c2)c1. The average Bonchev–Trinajstić information content (AvgIpc) is 2.74. The number of aryl methyl sites for hydroxylation is 2. The molecule has 0 bridgehead atoms. The summed E-state index contributed by atoms with van der Waals surface area (Å²) in [6.07, 6.45) is 0.141. The summed E-state index contributed by atoms with van der Waals surface area (Å²) >= 11 is 5.09. The molecule has 166 valence electrons. The molecule has 0 saturated heterocycles. The molecule has 2 unspecified atom stereocenters. The van der Waals surface area contributed by atoms with Crippen molar-refractivity contribution in [1.82, 2.24) is 16.2 Å². The van der Waals surface area contributed by atoms with E-state index in [2.05, 4.69) is 16.2 Å². The van der Waals surface area contributed by atoms with Crippen LogP contribution in [0.5, 0.6) is 11.5 Å². The van der Waals surface area contributed by atoms with Crippen LogP contribution in [0, 0.1) is 13.8 Å². The van der Waals surface area contributed by atoms with Crippen LogP contribution in [0.3, 0.4) is 0 Å². The Morgan fingerprint density at radius 2 is 1.68 bits per heavy atom. The van der Waals surface area contributed by atoms with E-state index >= 15 is 0 Å². The molecule has 0 fully saturated rings. The first-order valence-corrected chi connectivity index (χ1v) is 10.5. The number of hydrazine groups is 1. The number of hydrogen-bond donors (Lipinski definition) is 3. The van der Waals surface area contributed by atoms with Gasteiger partial charge >= 0.3 is 0 Å². The summed E-state index contributed by atoms with van der Waals surface area (Å²) in [5.74, 6) is 0.354. The summed E-state index contributed by atoms with van der Waals surface area (Å²) < 4.78 is 11.4. The summed E-state index contributed by atoms with van der Waals surface area (Å²) in [5.41, 5.74) is 7.56. The lowest BCUT2D eigenvalue weighted by molar-refractivity contribution is -0.127. The maximum Gasteiger partial charge on any atom is 0.279 e. The lowest BCUT2D eigenvalue weighted by atomic mass is 10.1. The Morgan fingerprint density at radius 1 is 0.968 bits per heavy atom. The quantitative estimate of drug-likeness (QED) is 0.448. The van der Waals surface area contributed by atoms with E-state index in [1.807, 2.05) is 45.9 Å². The van der Waals surface area contributed by atoms with Crippen LogP contribution in [0.15, 0.2) is 42.5 Å². The molecule has 0 spiro atoms. The normalized spacial score (nSPS) is 12.3. The van der Waals surface area contributed by atoms with Crippen molar-refractivity contribution < 1.29 is 19.1 Å². The minimum atomic E-state index is -0.762. The first-order chi connectivity index (χ1) is 14.7. The van der Waals surface area contributed by atoms with Gasteiger partial charge in [0.15, 0.2) is 11.2 Å². The standard InChI is InChI=1S/C23H29N3O4S/c1-6-16(4)29-19-9-7-8-18(13-19)22(28)24-23(31)26-25-21(27)17(5)30-20-11-10-14(2)15(3)12-20/h7-13,16-17H,6H2,1-5H3,(H,25,27)(H2,24,26,28,31). The number of thiocarbonyl (C=S) groups is 1. The average molecular weight is 444 g/mol. The Hall–Kier alpha value is -3.13. The van der Waals surface area contributed by atoms with Gasteiger partial charge in [0.05, 0.1) is 6.10 Å². The summed E-state index contributed by atoms with van der Waals surface area (Å²) in [5, 5.41) is 2.48. The molecule has 8 heteroatoms. The monoisotopic (exact) mass is 443 g/mol. The van der Waals surface area contributed by atoms with Crippen LogP contribution in [0.1, 0.15) is 48.7 Å². The molecule has 0 aliphatic carbocycles. The van der Waals surface area contributed by atoms with Gasteiger partial charge in [0.2, 0.25) is 0 Å². The number of ether oxygens (including phenoxy) is 2. The van der Waals surface area contributed by atoms with Gasteiger partial charge in [0.25, 0.3) is 11.8 Å². The molecular formula is C23H29N3O4S. The van der Waals surface area contributed by atoms with Crippen molar-refractivity contribution in [2.45, 2.75) is 53.2 Å². The van der Waals surface area contributed by atoms with Crippen LogP contribution in [-0.4, -0.2) is 29.1 Å². The molecule has 7 nitrogen and oxygen atoms in total. The largest absolute Gasteiger partial charge is 0.491 e. The van der Waals surface area contributed by atoms with Crippen LogP contribution >= 0.6 is 12.2 Å². The van der Waals surface area contributed by atoms with Crippen LogP contribution < -0.4 is 25.6 Å². The Morgan fingerprint density at radius 3 is 2.35 bits per heavy atom. The van der Waals surface area contributed by atoms with Gasteiger partial charge in [0, 0.05) is 5.56 Å². The Labute approximate surface area is 188 Å². The van der Waals surface area contributed by atoms with Crippen LogP contribution in [-0.2, 0) is 4.79 Å². The van der Waals surface area contributed by atoms with Gasteiger partial charge in [-0.05, 0) is 87.8 Å². The molecule has 3 N–H and O–H groups in total. The third-order valence-electron chi connectivity index (χ3n) is 4.70. The van der Waals surface area contributed by atoms with Gasteiger partial charge in [-0.25, -0.2) is 0 Å². The molecule has 0 heterocycles. The van der Waals surface area contributed by atoms with Gasteiger partial charge in [0.1, 0.15) is 11.5 Å².